The quantitative estimate of drug-likeness (QED) is 0.150. The van der Waals surface area contributed by atoms with Gasteiger partial charge in [0.25, 0.3) is 0 Å². The maximum absolute atomic E-state index is 2.47. The van der Waals surface area contributed by atoms with Crippen LogP contribution in [0.1, 0.15) is 34.6 Å². The molecule has 0 N–H and O–H groups in total. The monoisotopic (exact) mass is 814 g/mol. The van der Waals surface area contributed by atoms with Crippen LogP contribution in [-0.4, -0.2) is 0 Å². The summed E-state index contributed by atoms with van der Waals surface area (Å²) in [7, 11) is 0. The molecular formula is C64H46. The third-order valence-corrected chi connectivity index (χ3v) is 13.9. The van der Waals surface area contributed by atoms with Crippen LogP contribution >= 0.6 is 0 Å². The minimum absolute atomic E-state index is 0.143. The lowest BCUT2D eigenvalue weighted by atomic mass is 9.62. The summed E-state index contributed by atoms with van der Waals surface area (Å²) in [6.07, 6.45) is 17.4. The van der Waals surface area contributed by atoms with Crippen molar-refractivity contribution < 1.29 is 0 Å². The molecule has 64 heavy (non-hydrogen) atoms. The molecule has 3 atom stereocenters. The Labute approximate surface area is 376 Å². The summed E-state index contributed by atoms with van der Waals surface area (Å²) in [6, 6.07) is 76.3. The lowest BCUT2D eigenvalue weighted by Crippen LogP contribution is -2.39. The molecule has 0 aliphatic heterocycles. The highest BCUT2D eigenvalue weighted by molar-refractivity contribution is 6.07. The van der Waals surface area contributed by atoms with E-state index >= 15 is 0 Å². The summed E-state index contributed by atoms with van der Waals surface area (Å²) in [5.41, 5.74) is 22.3. The van der Waals surface area contributed by atoms with Gasteiger partial charge in [0.15, 0.2) is 0 Å². The Bertz CT molecular complexity index is 3370. The highest BCUT2D eigenvalue weighted by Crippen LogP contribution is 2.55. The number of hydrogen-bond donors (Lipinski definition) is 0. The van der Waals surface area contributed by atoms with Crippen LogP contribution in [-0.2, 0) is 0 Å². The van der Waals surface area contributed by atoms with E-state index in [0.29, 0.717) is 0 Å². The van der Waals surface area contributed by atoms with Crippen LogP contribution in [0.25, 0.3) is 61.2 Å². The van der Waals surface area contributed by atoms with Gasteiger partial charge in [0.2, 0.25) is 0 Å². The molecule has 4 aliphatic carbocycles. The molecule has 8 aromatic rings. The van der Waals surface area contributed by atoms with Crippen LogP contribution in [0.3, 0.4) is 0 Å². The van der Waals surface area contributed by atoms with Gasteiger partial charge in [0.05, 0.1) is 0 Å². The third-order valence-electron chi connectivity index (χ3n) is 13.9. The lowest BCUT2D eigenvalue weighted by Gasteiger charge is -2.41. The normalized spacial score (nSPS) is 18.2. The fourth-order valence-electron chi connectivity index (χ4n) is 11.1. The molecule has 0 radical (unpaired) electrons. The fourth-order valence-corrected chi connectivity index (χ4v) is 11.1. The number of fused-ring (bicyclic) bond motifs is 4. The van der Waals surface area contributed by atoms with Crippen molar-refractivity contribution in [2.75, 3.05) is 0 Å². The SMILES string of the molecule is C1=CCC2C(=C1)C(c1ccccc1-c1ccc(-c3ccccc3)cc1)=c1ccccc1=C2C1=C2C=CC=CC2C(c2ccccc2-c2ccc(-c3ccccc3)cc2)c2ccccc21. The Morgan fingerprint density at radius 2 is 0.859 bits per heavy atom. The zero-order chi connectivity index (χ0) is 42.4. The Balaban J connectivity index is 1.05. The number of hydrogen-bond acceptors (Lipinski definition) is 0. The van der Waals surface area contributed by atoms with Gasteiger partial charge in [-0.15, -0.1) is 0 Å². The van der Waals surface area contributed by atoms with Crippen LogP contribution in [0.2, 0.25) is 0 Å². The van der Waals surface area contributed by atoms with E-state index < -0.39 is 0 Å². The van der Waals surface area contributed by atoms with E-state index in [9.17, 15) is 0 Å². The van der Waals surface area contributed by atoms with Crippen LogP contribution in [0.5, 0.6) is 0 Å². The lowest BCUT2D eigenvalue weighted by molar-refractivity contribution is 0.649. The second-order valence-corrected chi connectivity index (χ2v) is 17.4. The van der Waals surface area contributed by atoms with E-state index in [2.05, 4.69) is 249 Å². The first-order chi connectivity index (χ1) is 31.8. The van der Waals surface area contributed by atoms with Crippen LogP contribution in [0.4, 0.5) is 0 Å². The summed E-state index contributed by atoms with van der Waals surface area (Å²) in [5, 5.41) is 2.63. The van der Waals surface area contributed by atoms with Gasteiger partial charge in [-0.05, 0) is 111 Å². The molecule has 0 saturated heterocycles. The van der Waals surface area contributed by atoms with E-state index in [1.807, 2.05) is 0 Å². The van der Waals surface area contributed by atoms with E-state index in [1.165, 1.54) is 105 Å². The Morgan fingerprint density at radius 3 is 1.53 bits per heavy atom. The summed E-state index contributed by atoms with van der Waals surface area (Å²) in [6.45, 7) is 0. The topological polar surface area (TPSA) is 0 Å². The van der Waals surface area contributed by atoms with Crippen molar-refractivity contribution in [3.05, 3.63) is 293 Å². The molecule has 0 bridgehead atoms. The Kier molecular flexibility index (Phi) is 9.57. The molecular weight excluding hydrogens is 769 g/mol. The highest BCUT2D eigenvalue weighted by atomic mass is 14.4. The van der Waals surface area contributed by atoms with Crippen molar-refractivity contribution in [3.8, 4) is 44.5 Å². The molecule has 0 saturated carbocycles. The second kappa shape index (κ2) is 16.2. The molecule has 302 valence electrons. The highest BCUT2D eigenvalue weighted by Gasteiger charge is 2.40. The molecule has 0 heterocycles. The molecule has 4 aliphatic rings. The molecule has 0 fully saturated rings. The predicted octanol–water partition coefficient (Wildman–Crippen LogP) is 14.6. The van der Waals surface area contributed by atoms with Gasteiger partial charge >= 0.3 is 0 Å². The Morgan fingerprint density at radius 1 is 0.359 bits per heavy atom. The van der Waals surface area contributed by atoms with Gasteiger partial charge in [-0.3, -0.25) is 0 Å². The Hall–Kier alpha value is -7.80. The zero-order valence-corrected chi connectivity index (χ0v) is 35.6. The molecule has 8 aromatic carbocycles. The zero-order valence-electron chi connectivity index (χ0n) is 35.6. The van der Waals surface area contributed by atoms with Gasteiger partial charge in [-0.2, -0.15) is 0 Å². The molecule has 0 heteroatoms. The average Bonchev–Trinajstić information content (AvgIpc) is 3.38. The standard InChI is InChI=1S/C64H46/c1-3-19-43(20-4-1)45-35-39-47(40-36-45)49-23-7-9-25-51(49)61-53-27-11-15-31-57(53)63(58-32-16-12-28-54(58)61)64-59-33-17-13-29-55(59)62(56-30-14-18-34-60(56)64)52-26-10-8-24-50(52)48-41-37-46(38-42-48)44-21-5-2-6-22-44/h1-33,35-42,53,60-61H,34H2. The van der Waals surface area contributed by atoms with Crippen molar-refractivity contribution in [2.45, 2.75) is 12.3 Å². The fraction of sp³-hybridized carbons (Fsp3) is 0.0625. The van der Waals surface area contributed by atoms with Crippen molar-refractivity contribution in [3.63, 3.8) is 0 Å². The summed E-state index contributed by atoms with van der Waals surface area (Å²) in [5.74, 6) is 0.492. The minimum Gasteiger partial charge on any atom is -0.0836 e. The predicted molar refractivity (Wildman–Crippen MR) is 269 cm³/mol. The third kappa shape index (κ3) is 6.45. The maximum Gasteiger partial charge on any atom is 0.0205 e. The minimum atomic E-state index is 0.143. The smallest absolute Gasteiger partial charge is 0.0205 e. The first-order valence-electron chi connectivity index (χ1n) is 22.7. The molecule has 0 amide bonds. The van der Waals surface area contributed by atoms with E-state index in [1.54, 1.807) is 0 Å². The van der Waals surface area contributed by atoms with Crippen molar-refractivity contribution in [2.24, 2.45) is 11.8 Å². The van der Waals surface area contributed by atoms with Crippen LogP contribution in [0.15, 0.2) is 260 Å². The van der Waals surface area contributed by atoms with Gasteiger partial charge < -0.3 is 0 Å². The van der Waals surface area contributed by atoms with E-state index in [-0.39, 0.29) is 17.8 Å². The first-order valence-corrected chi connectivity index (χ1v) is 22.7. The summed E-state index contributed by atoms with van der Waals surface area (Å²) < 4.78 is 0. The van der Waals surface area contributed by atoms with Crippen molar-refractivity contribution >= 4 is 16.7 Å². The second-order valence-electron chi connectivity index (χ2n) is 17.4. The average molecular weight is 815 g/mol. The van der Waals surface area contributed by atoms with Crippen LogP contribution < -0.4 is 10.4 Å². The largest absolute Gasteiger partial charge is 0.0836 e. The molecule has 0 aromatic heterocycles. The number of benzene rings is 8. The van der Waals surface area contributed by atoms with Crippen molar-refractivity contribution in [1.29, 1.82) is 0 Å². The summed E-state index contributed by atoms with van der Waals surface area (Å²) >= 11 is 0. The maximum atomic E-state index is 2.47. The van der Waals surface area contributed by atoms with E-state index in [0.717, 1.165) is 6.42 Å². The van der Waals surface area contributed by atoms with Gasteiger partial charge in [0.1, 0.15) is 0 Å². The molecule has 0 nitrogen and oxygen atoms in total. The molecule has 0 spiro atoms. The number of rotatable bonds is 7. The number of allylic oxidation sites excluding steroid dienone is 10. The van der Waals surface area contributed by atoms with Crippen molar-refractivity contribution in [1.82, 2.24) is 0 Å². The van der Waals surface area contributed by atoms with Gasteiger partial charge in [-0.25, -0.2) is 0 Å². The van der Waals surface area contributed by atoms with Gasteiger partial charge in [-0.1, -0.05) is 249 Å². The summed E-state index contributed by atoms with van der Waals surface area (Å²) in [4.78, 5) is 0. The first kappa shape index (κ1) is 37.9. The van der Waals surface area contributed by atoms with E-state index in [4.69, 9.17) is 0 Å². The molecule has 3 unspecified atom stereocenters. The van der Waals surface area contributed by atoms with Crippen LogP contribution in [0, 0.1) is 11.8 Å². The van der Waals surface area contributed by atoms with Gasteiger partial charge in [0, 0.05) is 17.8 Å². The molecule has 12 rings (SSSR count).